The molecule has 0 spiro atoms. The Kier molecular flexibility index (Phi) is 4.63. The number of hydrogen-bond acceptors (Lipinski definition) is 2. The molecule has 0 aliphatic rings. The molecule has 0 aliphatic carbocycles. The lowest BCUT2D eigenvalue weighted by Gasteiger charge is -1.92. The van der Waals surface area contributed by atoms with Crippen LogP contribution in [0.25, 0.3) is 0 Å². The van der Waals surface area contributed by atoms with Crippen molar-refractivity contribution in [1.82, 2.24) is 0 Å². The third-order valence-electron chi connectivity index (χ3n) is 0.946. The Morgan fingerprint density at radius 1 is 1.40 bits per heavy atom. The molecule has 3 heteroatoms. The van der Waals surface area contributed by atoms with Crippen molar-refractivity contribution in [2.75, 3.05) is 0 Å². The fourth-order valence-corrected chi connectivity index (χ4v) is 0.376. The van der Waals surface area contributed by atoms with Crippen LogP contribution >= 0.6 is 0 Å². The number of allylic oxidation sites excluding steroid dienone is 5. The molecule has 54 valence electrons. The van der Waals surface area contributed by atoms with Crippen LogP contribution in [-0.2, 0) is 0 Å². The van der Waals surface area contributed by atoms with Gasteiger partial charge >= 0.3 is 7.12 Å². The molecule has 10 heavy (non-hydrogen) atoms. The molecule has 0 saturated carbocycles. The van der Waals surface area contributed by atoms with E-state index in [1.54, 1.807) is 18.2 Å². The van der Waals surface area contributed by atoms with Gasteiger partial charge in [-0.05, 0) is 12.4 Å². The largest absolute Gasteiger partial charge is 0.487 e. The SMILES string of the molecule is C=C(/C=C\C=C/C)B(O)O. The first-order chi connectivity index (χ1) is 4.68. The van der Waals surface area contributed by atoms with E-state index in [1.807, 2.05) is 13.0 Å². The van der Waals surface area contributed by atoms with Crippen LogP contribution in [0, 0.1) is 0 Å². The average Bonchev–Trinajstić information content (AvgIpc) is 1.88. The van der Waals surface area contributed by atoms with Gasteiger partial charge in [0.1, 0.15) is 0 Å². The van der Waals surface area contributed by atoms with Gasteiger partial charge in [-0.15, -0.1) is 0 Å². The van der Waals surface area contributed by atoms with Gasteiger partial charge in [-0.25, -0.2) is 0 Å². The lowest BCUT2D eigenvalue weighted by atomic mass is 9.80. The van der Waals surface area contributed by atoms with E-state index in [9.17, 15) is 0 Å². The third kappa shape index (κ3) is 4.12. The molecular weight excluding hydrogens is 127 g/mol. The predicted octanol–water partition coefficient (Wildman–Crippen LogP) is 0.687. The fraction of sp³-hybridized carbons (Fsp3) is 0.143. The maximum atomic E-state index is 8.50. The van der Waals surface area contributed by atoms with Gasteiger partial charge in [-0.3, -0.25) is 0 Å². The predicted molar refractivity (Wildman–Crippen MR) is 43.3 cm³/mol. The van der Waals surface area contributed by atoms with E-state index in [1.165, 1.54) is 0 Å². The van der Waals surface area contributed by atoms with Crippen molar-refractivity contribution in [2.45, 2.75) is 6.92 Å². The summed E-state index contributed by atoms with van der Waals surface area (Å²) in [5.74, 6) is 0. The summed E-state index contributed by atoms with van der Waals surface area (Å²) < 4.78 is 0. The molecule has 0 saturated heterocycles. The highest BCUT2D eigenvalue weighted by molar-refractivity contribution is 6.51. The van der Waals surface area contributed by atoms with E-state index in [-0.39, 0.29) is 5.47 Å². The molecule has 0 bridgehead atoms. The van der Waals surface area contributed by atoms with Gasteiger partial charge in [0.05, 0.1) is 0 Å². The first kappa shape index (κ1) is 9.20. The maximum Gasteiger partial charge on any atom is 0.487 e. The van der Waals surface area contributed by atoms with Crippen LogP contribution in [0.2, 0.25) is 0 Å². The lowest BCUT2D eigenvalue weighted by Crippen LogP contribution is -2.12. The molecule has 0 fully saturated rings. The summed E-state index contributed by atoms with van der Waals surface area (Å²) in [4.78, 5) is 0. The van der Waals surface area contributed by atoms with Crippen LogP contribution in [0.3, 0.4) is 0 Å². The van der Waals surface area contributed by atoms with E-state index < -0.39 is 7.12 Å². The Morgan fingerprint density at radius 3 is 2.40 bits per heavy atom. The van der Waals surface area contributed by atoms with Crippen molar-refractivity contribution in [1.29, 1.82) is 0 Å². The summed E-state index contributed by atoms with van der Waals surface area (Å²) in [5.41, 5.74) is 0.290. The second kappa shape index (κ2) is 5.03. The van der Waals surface area contributed by atoms with Gasteiger partial charge in [-0.2, -0.15) is 0 Å². The molecule has 2 nitrogen and oxygen atoms in total. The standard InChI is InChI=1S/C7H11BO2/c1-3-4-5-6-7(2)8(9)10/h3-6,9-10H,2H2,1H3/b4-3-,6-5-. The Hall–Kier alpha value is -0.795. The van der Waals surface area contributed by atoms with Gasteiger partial charge in [-0.1, -0.05) is 30.9 Å². The zero-order chi connectivity index (χ0) is 7.98. The average molecular weight is 138 g/mol. The molecule has 0 aliphatic heterocycles. The topological polar surface area (TPSA) is 40.5 Å². The molecule has 2 N–H and O–H groups in total. The van der Waals surface area contributed by atoms with Crippen molar-refractivity contribution < 1.29 is 10.0 Å². The molecule has 0 amide bonds. The zero-order valence-corrected chi connectivity index (χ0v) is 5.99. The van der Waals surface area contributed by atoms with Crippen molar-refractivity contribution in [3.63, 3.8) is 0 Å². The summed E-state index contributed by atoms with van der Waals surface area (Å²) in [7, 11) is -1.44. The molecule has 0 heterocycles. The number of rotatable bonds is 3. The van der Waals surface area contributed by atoms with E-state index in [0.717, 1.165) is 0 Å². The minimum Gasteiger partial charge on any atom is -0.423 e. The highest BCUT2D eigenvalue weighted by Gasteiger charge is 2.06. The lowest BCUT2D eigenvalue weighted by molar-refractivity contribution is 0.421. The van der Waals surface area contributed by atoms with Gasteiger partial charge in [0.2, 0.25) is 0 Å². The molecule has 0 unspecified atom stereocenters. The second-order valence-corrected chi connectivity index (χ2v) is 1.83. The molecule has 0 rings (SSSR count). The minimum atomic E-state index is -1.44. The number of hydrogen-bond donors (Lipinski definition) is 2. The summed E-state index contributed by atoms with van der Waals surface area (Å²) in [6.45, 7) is 5.28. The van der Waals surface area contributed by atoms with Gasteiger partial charge in [0, 0.05) is 0 Å². The first-order valence-corrected chi connectivity index (χ1v) is 3.02. The summed E-state index contributed by atoms with van der Waals surface area (Å²) in [6.07, 6.45) is 6.87. The Labute approximate surface area is 61.3 Å². The second-order valence-electron chi connectivity index (χ2n) is 1.83. The van der Waals surface area contributed by atoms with E-state index in [2.05, 4.69) is 6.58 Å². The fourth-order valence-electron chi connectivity index (χ4n) is 0.376. The molecule has 0 radical (unpaired) electrons. The Morgan fingerprint density at radius 2 is 2.00 bits per heavy atom. The van der Waals surface area contributed by atoms with Crippen LogP contribution < -0.4 is 0 Å². The van der Waals surface area contributed by atoms with Crippen molar-refractivity contribution in [3.8, 4) is 0 Å². The quantitative estimate of drug-likeness (QED) is 0.444. The van der Waals surface area contributed by atoms with Crippen LogP contribution in [0.4, 0.5) is 0 Å². The van der Waals surface area contributed by atoms with Crippen molar-refractivity contribution in [2.24, 2.45) is 0 Å². The monoisotopic (exact) mass is 138 g/mol. The van der Waals surface area contributed by atoms with Gasteiger partial charge in [0.25, 0.3) is 0 Å². The molecule has 0 aromatic carbocycles. The molecule has 0 aromatic rings. The van der Waals surface area contributed by atoms with Crippen molar-refractivity contribution >= 4 is 7.12 Å². The minimum absolute atomic E-state index is 0.290. The normalized spacial score (nSPS) is 11.1. The zero-order valence-electron chi connectivity index (χ0n) is 5.99. The maximum absolute atomic E-state index is 8.50. The van der Waals surface area contributed by atoms with Crippen molar-refractivity contribution in [3.05, 3.63) is 36.4 Å². The van der Waals surface area contributed by atoms with Crippen LogP contribution in [0.5, 0.6) is 0 Å². The van der Waals surface area contributed by atoms with Crippen LogP contribution in [0.15, 0.2) is 36.4 Å². The van der Waals surface area contributed by atoms with Gasteiger partial charge in [0.15, 0.2) is 0 Å². The van der Waals surface area contributed by atoms with E-state index >= 15 is 0 Å². The first-order valence-electron chi connectivity index (χ1n) is 3.02. The van der Waals surface area contributed by atoms with Crippen LogP contribution in [0.1, 0.15) is 6.92 Å². The highest BCUT2D eigenvalue weighted by Crippen LogP contribution is 1.93. The van der Waals surface area contributed by atoms with E-state index in [0.29, 0.717) is 0 Å². The summed E-state index contributed by atoms with van der Waals surface area (Å²) >= 11 is 0. The molecular formula is C7H11BO2. The Balaban J connectivity index is 3.78. The van der Waals surface area contributed by atoms with Gasteiger partial charge < -0.3 is 10.0 Å². The Bertz CT molecular complexity index is 159. The van der Waals surface area contributed by atoms with E-state index in [4.69, 9.17) is 10.0 Å². The summed E-state index contributed by atoms with van der Waals surface area (Å²) in [5, 5.41) is 17.0. The third-order valence-corrected chi connectivity index (χ3v) is 0.946. The molecule has 0 atom stereocenters. The highest BCUT2D eigenvalue weighted by atomic mass is 16.4. The smallest absolute Gasteiger partial charge is 0.423 e. The van der Waals surface area contributed by atoms with Crippen LogP contribution in [-0.4, -0.2) is 17.2 Å². The molecule has 0 aromatic heterocycles. The summed E-state index contributed by atoms with van der Waals surface area (Å²) in [6, 6.07) is 0.